The van der Waals surface area contributed by atoms with Crippen LogP contribution in [0.1, 0.15) is 71.1 Å². The van der Waals surface area contributed by atoms with E-state index in [2.05, 4.69) is 48.7 Å². The molecule has 0 rings (SSSR count). The summed E-state index contributed by atoms with van der Waals surface area (Å²) in [7, 11) is 0. The fourth-order valence-electron chi connectivity index (χ4n) is 2.64. The van der Waals surface area contributed by atoms with Gasteiger partial charge in [0, 0.05) is 13.0 Å². The minimum absolute atomic E-state index is 0.0303. The highest BCUT2D eigenvalue weighted by Crippen LogP contribution is 2.08. The molecule has 0 aromatic rings. The Kier molecular flexibility index (Phi) is 23.4. The molecule has 0 atom stereocenters. The van der Waals surface area contributed by atoms with Crippen molar-refractivity contribution in [1.82, 2.24) is 5.32 Å². The predicted molar refractivity (Wildman–Crippen MR) is 121 cm³/mol. The van der Waals surface area contributed by atoms with E-state index >= 15 is 0 Å². The number of rotatable bonds is 21. The number of unbranched alkanes of at least 4 members (excludes halogenated alkanes) is 5. The van der Waals surface area contributed by atoms with Crippen LogP contribution in [0.4, 0.5) is 0 Å². The summed E-state index contributed by atoms with van der Waals surface area (Å²) in [5, 5.41) is 11.4. The number of aliphatic hydroxyl groups is 1. The quantitative estimate of drug-likeness (QED) is 0.213. The molecule has 0 saturated heterocycles. The number of carbonyl (C=O) groups is 1. The number of hydrogen-bond acceptors (Lipinski definition) is 4. The Hall–Kier alpha value is -1.43. The van der Waals surface area contributed by atoms with Gasteiger partial charge in [-0.15, -0.1) is 0 Å². The topological polar surface area (TPSA) is 67.8 Å². The summed E-state index contributed by atoms with van der Waals surface area (Å²) in [5.74, 6) is 0.103. The maximum atomic E-state index is 11.7. The lowest BCUT2D eigenvalue weighted by Crippen LogP contribution is -2.27. The molecule has 0 heterocycles. The van der Waals surface area contributed by atoms with Crippen molar-refractivity contribution in [3.8, 4) is 0 Å². The Bertz CT molecular complexity index is 433. The van der Waals surface area contributed by atoms with Crippen LogP contribution < -0.4 is 5.32 Å². The van der Waals surface area contributed by atoms with Gasteiger partial charge in [0.05, 0.1) is 33.0 Å². The molecular weight excluding hydrogens is 366 g/mol. The predicted octanol–water partition coefficient (Wildman–Crippen LogP) is 4.72. The Morgan fingerprint density at radius 3 is 2.14 bits per heavy atom. The zero-order valence-corrected chi connectivity index (χ0v) is 18.4. The molecule has 0 aromatic heterocycles. The third-order valence-electron chi connectivity index (χ3n) is 4.23. The lowest BCUT2D eigenvalue weighted by atomic mass is 10.1. The van der Waals surface area contributed by atoms with Gasteiger partial charge in [-0.1, -0.05) is 62.6 Å². The second-order valence-corrected chi connectivity index (χ2v) is 6.90. The second kappa shape index (κ2) is 24.6. The van der Waals surface area contributed by atoms with E-state index in [1.54, 1.807) is 0 Å². The van der Waals surface area contributed by atoms with Gasteiger partial charge < -0.3 is 19.9 Å². The van der Waals surface area contributed by atoms with Gasteiger partial charge in [-0.25, -0.2) is 0 Å². The maximum absolute atomic E-state index is 11.7. The van der Waals surface area contributed by atoms with Crippen LogP contribution in [0.15, 0.2) is 36.5 Å². The van der Waals surface area contributed by atoms with Crippen molar-refractivity contribution in [3.63, 3.8) is 0 Å². The van der Waals surface area contributed by atoms with Crippen molar-refractivity contribution in [3.05, 3.63) is 36.5 Å². The normalized spacial score (nSPS) is 11.9. The van der Waals surface area contributed by atoms with E-state index in [9.17, 15) is 4.79 Å². The lowest BCUT2D eigenvalue weighted by Gasteiger charge is -2.07. The van der Waals surface area contributed by atoms with E-state index < -0.39 is 0 Å². The number of carbonyl (C=O) groups excluding carboxylic acids is 1. The minimum Gasteiger partial charge on any atom is -0.394 e. The molecule has 5 nitrogen and oxygen atoms in total. The fraction of sp³-hybridized carbons (Fsp3) is 0.708. The number of allylic oxidation sites excluding steroid dienone is 6. The van der Waals surface area contributed by atoms with Gasteiger partial charge in [-0.2, -0.15) is 0 Å². The van der Waals surface area contributed by atoms with Crippen LogP contribution in [-0.2, 0) is 14.3 Å². The highest BCUT2D eigenvalue weighted by molar-refractivity contribution is 5.75. The molecule has 168 valence electrons. The van der Waals surface area contributed by atoms with Gasteiger partial charge in [-0.3, -0.25) is 4.79 Å². The zero-order valence-electron chi connectivity index (χ0n) is 18.4. The number of nitrogens with one attached hydrogen (secondary N) is 1. The van der Waals surface area contributed by atoms with Crippen LogP contribution in [0.3, 0.4) is 0 Å². The van der Waals surface area contributed by atoms with Crippen molar-refractivity contribution >= 4 is 5.91 Å². The standard InChI is InChI=1S/C24H43NO4/c1-2-3-4-5-6-7-8-9-10-11-12-13-14-15-16-17-24(27)25-18-20-28-22-23-29-21-19-26/h3-4,6-7,9-10,26H,2,5,8,11-23H2,1H3,(H,25,27)/b4-3-,7-6-,10-9-. The molecular formula is C24H43NO4. The zero-order chi connectivity index (χ0) is 21.3. The van der Waals surface area contributed by atoms with Crippen LogP contribution in [0.2, 0.25) is 0 Å². The summed E-state index contributed by atoms with van der Waals surface area (Å²) in [6.07, 6.45) is 24.0. The average Bonchev–Trinajstić information content (AvgIpc) is 2.72. The van der Waals surface area contributed by atoms with Crippen molar-refractivity contribution in [2.45, 2.75) is 71.1 Å². The number of ether oxygens (including phenoxy) is 2. The van der Waals surface area contributed by atoms with Crippen molar-refractivity contribution in [1.29, 1.82) is 0 Å². The molecule has 0 fully saturated rings. The SMILES string of the molecule is CC/C=C\C/C=C\C/C=C\CCCCCCCC(=O)NCCOCCOCCO. The molecule has 0 radical (unpaired) electrons. The van der Waals surface area contributed by atoms with Crippen LogP contribution in [-0.4, -0.2) is 50.6 Å². The third-order valence-corrected chi connectivity index (χ3v) is 4.23. The monoisotopic (exact) mass is 409 g/mol. The van der Waals surface area contributed by atoms with Gasteiger partial charge in [0.15, 0.2) is 0 Å². The van der Waals surface area contributed by atoms with Gasteiger partial charge in [0.2, 0.25) is 5.91 Å². The first-order valence-electron chi connectivity index (χ1n) is 11.3. The number of aliphatic hydroxyl groups excluding tert-OH is 1. The molecule has 0 aliphatic rings. The van der Waals surface area contributed by atoms with Gasteiger partial charge in [0.25, 0.3) is 0 Å². The number of hydrogen-bond donors (Lipinski definition) is 2. The Balaban J connectivity index is 3.28. The first kappa shape index (κ1) is 27.6. The summed E-state index contributed by atoms with van der Waals surface area (Å²) in [4.78, 5) is 11.7. The van der Waals surface area contributed by atoms with E-state index in [1.165, 1.54) is 19.3 Å². The molecule has 0 bridgehead atoms. The van der Waals surface area contributed by atoms with Crippen molar-refractivity contribution < 1.29 is 19.4 Å². The van der Waals surface area contributed by atoms with Crippen LogP contribution in [0.25, 0.3) is 0 Å². The largest absolute Gasteiger partial charge is 0.394 e. The third kappa shape index (κ3) is 24.5. The fourth-order valence-corrected chi connectivity index (χ4v) is 2.64. The number of amides is 1. The summed E-state index contributed by atoms with van der Waals surface area (Å²) in [6, 6.07) is 0. The molecule has 0 aliphatic heterocycles. The molecule has 0 spiro atoms. The summed E-state index contributed by atoms with van der Waals surface area (Å²) >= 11 is 0. The Morgan fingerprint density at radius 2 is 1.41 bits per heavy atom. The van der Waals surface area contributed by atoms with E-state index in [0.29, 0.717) is 39.4 Å². The average molecular weight is 410 g/mol. The van der Waals surface area contributed by atoms with E-state index in [-0.39, 0.29) is 12.5 Å². The summed E-state index contributed by atoms with van der Waals surface area (Å²) < 4.78 is 10.4. The molecule has 0 saturated carbocycles. The molecule has 2 N–H and O–H groups in total. The van der Waals surface area contributed by atoms with Crippen molar-refractivity contribution in [2.24, 2.45) is 0 Å². The van der Waals surface area contributed by atoms with Crippen LogP contribution in [0.5, 0.6) is 0 Å². The van der Waals surface area contributed by atoms with Crippen LogP contribution in [0, 0.1) is 0 Å². The minimum atomic E-state index is 0.0303. The summed E-state index contributed by atoms with van der Waals surface area (Å²) in [5.41, 5.74) is 0. The summed E-state index contributed by atoms with van der Waals surface area (Å²) in [6.45, 7) is 4.51. The molecule has 0 aromatic carbocycles. The maximum Gasteiger partial charge on any atom is 0.220 e. The van der Waals surface area contributed by atoms with E-state index in [4.69, 9.17) is 14.6 Å². The molecule has 0 aliphatic carbocycles. The molecule has 0 unspecified atom stereocenters. The first-order valence-corrected chi connectivity index (χ1v) is 11.3. The van der Waals surface area contributed by atoms with E-state index in [1.807, 2.05) is 0 Å². The molecule has 29 heavy (non-hydrogen) atoms. The Labute approximate surface area is 178 Å². The van der Waals surface area contributed by atoms with Gasteiger partial charge in [-0.05, 0) is 38.5 Å². The van der Waals surface area contributed by atoms with Crippen molar-refractivity contribution in [2.75, 3.05) is 39.6 Å². The lowest BCUT2D eigenvalue weighted by molar-refractivity contribution is -0.121. The first-order chi connectivity index (χ1) is 14.3. The van der Waals surface area contributed by atoms with Crippen LogP contribution >= 0.6 is 0 Å². The van der Waals surface area contributed by atoms with Gasteiger partial charge in [0.1, 0.15) is 0 Å². The smallest absolute Gasteiger partial charge is 0.220 e. The highest BCUT2D eigenvalue weighted by Gasteiger charge is 2.00. The molecule has 5 heteroatoms. The Morgan fingerprint density at radius 1 is 0.793 bits per heavy atom. The van der Waals surface area contributed by atoms with E-state index in [0.717, 1.165) is 38.5 Å². The molecule has 1 amide bonds. The second-order valence-electron chi connectivity index (χ2n) is 6.90. The van der Waals surface area contributed by atoms with Gasteiger partial charge >= 0.3 is 0 Å². The highest BCUT2D eigenvalue weighted by atomic mass is 16.5.